The first-order chi connectivity index (χ1) is 12.7. The van der Waals surface area contributed by atoms with E-state index >= 15 is 0 Å². The molecule has 0 spiro atoms. The number of aliphatic hydroxyl groups is 1. The zero-order chi connectivity index (χ0) is 17.9. The number of allylic oxidation sites excluding steroid dienone is 3. The van der Waals surface area contributed by atoms with Gasteiger partial charge in [-0.05, 0) is 107 Å². The summed E-state index contributed by atoms with van der Waals surface area (Å²) in [4.78, 5) is 0. The van der Waals surface area contributed by atoms with Gasteiger partial charge in [-0.3, -0.25) is 0 Å². The van der Waals surface area contributed by atoms with Gasteiger partial charge in [0.1, 0.15) is 0 Å². The molecule has 3 fully saturated rings. The molecule has 4 unspecified atom stereocenters. The van der Waals surface area contributed by atoms with E-state index in [2.05, 4.69) is 25.2 Å². The minimum Gasteiger partial charge on any atom is -0.392 e. The summed E-state index contributed by atoms with van der Waals surface area (Å²) in [5.74, 6) is 5.07. The third-order valence-electron chi connectivity index (χ3n) is 8.20. The third kappa shape index (κ3) is 4.64. The number of rotatable bonds is 5. The molecule has 0 radical (unpaired) electrons. The highest BCUT2D eigenvalue weighted by molar-refractivity contribution is 5.14. The first-order valence-corrected chi connectivity index (χ1v) is 11.7. The van der Waals surface area contributed by atoms with Crippen LogP contribution in [0.25, 0.3) is 0 Å². The standard InChI is InChI=1S/C25H40O/c1-2-3-18-6-9-21(10-7-18)22-11-13-23(14-12-22)24-15-8-20(17-25(24)26)16-19-4-5-19/h2-3,13,18-22,24-26H,4-12,14-17H2,1H3/b3-2+. The maximum absolute atomic E-state index is 10.8. The fourth-order valence-corrected chi connectivity index (χ4v) is 6.42. The van der Waals surface area contributed by atoms with E-state index in [1.165, 1.54) is 77.0 Å². The Hall–Kier alpha value is -0.560. The van der Waals surface area contributed by atoms with Crippen molar-refractivity contribution in [1.82, 2.24) is 0 Å². The number of hydrogen-bond acceptors (Lipinski definition) is 1. The second kappa shape index (κ2) is 8.63. The first kappa shape index (κ1) is 18.8. The van der Waals surface area contributed by atoms with Gasteiger partial charge in [-0.25, -0.2) is 0 Å². The van der Waals surface area contributed by atoms with Crippen LogP contribution in [-0.2, 0) is 0 Å². The highest BCUT2D eigenvalue weighted by Crippen LogP contribution is 2.45. The molecule has 0 aliphatic heterocycles. The van der Waals surface area contributed by atoms with Crippen LogP contribution < -0.4 is 0 Å². The molecule has 146 valence electrons. The average molecular weight is 357 g/mol. The summed E-state index contributed by atoms with van der Waals surface area (Å²) in [6.45, 7) is 2.16. The van der Waals surface area contributed by atoms with Crippen LogP contribution in [0.5, 0.6) is 0 Å². The Morgan fingerprint density at radius 2 is 1.69 bits per heavy atom. The van der Waals surface area contributed by atoms with Crippen molar-refractivity contribution >= 4 is 0 Å². The van der Waals surface area contributed by atoms with E-state index in [-0.39, 0.29) is 6.10 Å². The van der Waals surface area contributed by atoms with Gasteiger partial charge < -0.3 is 5.11 Å². The molecular weight excluding hydrogens is 316 g/mol. The van der Waals surface area contributed by atoms with E-state index in [9.17, 15) is 5.11 Å². The van der Waals surface area contributed by atoms with Crippen molar-refractivity contribution in [3.63, 3.8) is 0 Å². The average Bonchev–Trinajstić information content (AvgIpc) is 3.47. The normalized spacial score (nSPS) is 42.0. The van der Waals surface area contributed by atoms with Crippen LogP contribution in [0.2, 0.25) is 0 Å². The Balaban J connectivity index is 1.25. The van der Waals surface area contributed by atoms with E-state index in [0.717, 1.165) is 36.0 Å². The summed E-state index contributed by atoms with van der Waals surface area (Å²) < 4.78 is 0. The Bertz CT molecular complexity index is 506. The molecule has 0 aromatic carbocycles. The molecule has 0 bridgehead atoms. The molecule has 26 heavy (non-hydrogen) atoms. The summed E-state index contributed by atoms with van der Waals surface area (Å²) in [7, 11) is 0. The van der Waals surface area contributed by atoms with Crippen molar-refractivity contribution in [2.24, 2.45) is 35.5 Å². The van der Waals surface area contributed by atoms with Gasteiger partial charge in [-0.15, -0.1) is 0 Å². The summed E-state index contributed by atoms with van der Waals surface area (Å²) in [5, 5.41) is 10.8. The predicted octanol–water partition coefficient (Wildman–Crippen LogP) is 6.67. The van der Waals surface area contributed by atoms with Gasteiger partial charge in [-0.1, -0.05) is 36.6 Å². The summed E-state index contributed by atoms with van der Waals surface area (Å²) in [6, 6.07) is 0. The molecule has 4 aliphatic carbocycles. The Kier molecular flexibility index (Phi) is 6.24. The van der Waals surface area contributed by atoms with Gasteiger partial charge in [0.25, 0.3) is 0 Å². The van der Waals surface area contributed by atoms with Gasteiger partial charge in [-0.2, -0.15) is 0 Å². The van der Waals surface area contributed by atoms with Gasteiger partial charge in [0, 0.05) is 5.92 Å². The fourth-order valence-electron chi connectivity index (χ4n) is 6.42. The summed E-state index contributed by atoms with van der Waals surface area (Å²) in [5.41, 5.74) is 1.63. The van der Waals surface area contributed by atoms with E-state index in [4.69, 9.17) is 0 Å². The van der Waals surface area contributed by atoms with E-state index in [1.54, 1.807) is 5.57 Å². The molecular formula is C25H40O. The zero-order valence-corrected chi connectivity index (χ0v) is 16.9. The van der Waals surface area contributed by atoms with E-state index < -0.39 is 0 Å². The van der Waals surface area contributed by atoms with Crippen molar-refractivity contribution < 1.29 is 5.11 Å². The first-order valence-electron chi connectivity index (χ1n) is 11.7. The molecule has 4 atom stereocenters. The lowest BCUT2D eigenvalue weighted by Gasteiger charge is -2.39. The minimum atomic E-state index is -0.0495. The van der Waals surface area contributed by atoms with Crippen molar-refractivity contribution in [3.8, 4) is 0 Å². The Morgan fingerprint density at radius 1 is 0.923 bits per heavy atom. The van der Waals surface area contributed by atoms with Crippen molar-refractivity contribution in [2.75, 3.05) is 0 Å². The lowest BCUT2D eigenvalue weighted by atomic mass is 9.68. The van der Waals surface area contributed by atoms with Crippen LogP contribution >= 0.6 is 0 Å². The van der Waals surface area contributed by atoms with E-state index in [0.29, 0.717) is 5.92 Å². The molecule has 0 aromatic heterocycles. The topological polar surface area (TPSA) is 20.2 Å². The van der Waals surface area contributed by atoms with Crippen LogP contribution in [0.15, 0.2) is 23.8 Å². The van der Waals surface area contributed by atoms with Gasteiger partial charge in [0.15, 0.2) is 0 Å². The SMILES string of the molecule is C/C=C/C1CCC(C2CC=C(C3CCC(CC4CC4)CC3O)CC2)CC1. The monoisotopic (exact) mass is 356 g/mol. The maximum Gasteiger partial charge on any atom is 0.0608 e. The molecule has 0 aromatic rings. The summed E-state index contributed by atoms with van der Waals surface area (Å²) in [6.07, 6.45) is 24.9. The minimum absolute atomic E-state index is 0.0495. The Labute approximate surface area is 161 Å². The molecule has 0 saturated heterocycles. The molecule has 1 heteroatoms. The molecule has 4 rings (SSSR count). The van der Waals surface area contributed by atoms with E-state index in [1.807, 2.05) is 0 Å². The zero-order valence-electron chi connectivity index (χ0n) is 16.9. The van der Waals surface area contributed by atoms with Crippen LogP contribution in [0, 0.1) is 35.5 Å². The third-order valence-corrected chi connectivity index (χ3v) is 8.20. The lowest BCUT2D eigenvalue weighted by Crippen LogP contribution is -2.32. The molecule has 0 heterocycles. The number of aliphatic hydroxyl groups excluding tert-OH is 1. The second-order valence-electron chi connectivity index (χ2n) is 10.0. The molecule has 1 N–H and O–H groups in total. The van der Waals surface area contributed by atoms with Gasteiger partial charge >= 0.3 is 0 Å². The van der Waals surface area contributed by atoms with Crippen LogP contribution in [0.3, 0.4) is 0 Å². The molecule has 3 saturated carbocycles. The summed E-state index contributed by atoms with van der Waals surface area (Å²) >= 11 is 0. The van der Waals surface area contributed by atoms with Crippen molar-refractivity contribution in [2.45, 2.75) is 96.5 Å². The quantitative estimate of drug-likeness (QED) is 0.545. The smallest absolute Gasteiger partial charge is 0.0608 e. The predicted molar refractivity (Wildman–Crippen MR) is 110 cm³/mol. The molecule has 1 nitrogen and oxygen atoms in total. The van der Waals surface area contributed by atoms with Crippen LogP contribution in [-0.4, -0.2) is 11.2 Å². The van der Waals surface area contributed by atoms with Gasteiger partial charge in [0.2, 0.25) is 0 Å². The van der Waals surface area contributed by atoms with Gasteiger partial charge in [0.05, 0.1) is 6.10 Å². The van der Waals surface area contributed by atoms with Crippen molar-refractivity contribution in [3.05, 3.63) is 23.8 Å². The molecule has 0 amide bonds. The Morgan fingerprint density at radius 3 is 2.31 bits per heavy atom. The second-order valence-corrected chi connectivity index (χ2v) is 10.0. The fraction of sp³-hybridized carbons (Fsp3) is 0.840. The lowest BCUT2D eigenvalue weighted by molar-refractivity contribution is 0.0538. The molecule has 4 aliphatic rings. The van der Waals surface area contributed by atoms with Crippen LogP contribution in [0.1, 0.15) is 90.4 Å². The maximum atomic E-state index is 10.8. The van der Waals surface area contributed by atoms with Crippen LogP contribution in [0.4, 0.5) is 0 Å². The van der Waals surface area contributed by atoms with Crippen molar-refractivity contribution in [1.29, 1.82) is 0 Å². The largest absolute Gasteiger partial charge is 0.392 e. The highest BCUT2D eigenvalue weighted by Gasteiger charge is 2.36. The highest BCUT2D eigenvalue weighted by atomic mass is 16.3. The number of hydrogen-bond donors (Lipinski definition) is 1.